The molecule has 0 radical (unpaired) electrons. The van der Waals surface area contributed by atoms with E-state index in [0.29, 0.717) is 0 Å². The van der Waals surface area contributed by atoms with Gasteiger partial charge in [0, 0.05) is 0 Å². The summed E-state index contributed by atoms with van der Waals surface area (Å²) in [7, 11) is -11.1. The van der Waals surface area contributed by atoms with Gasteiger partial charge in [-0.3, -0.25) is 17.7 Å². The molecule has 344 valence electrons. The first-order chi connectivity index (χ1) is 23.8. The molecule has 0 N–H and O–H groups in total. The Morgan fingerprint density at radius 3 is 0.509 bits per heavy atom. The topological polar surface area (TPSA) is 36.9 Å². The van der Waals surface area contributed by atoms with Crippen LogP contribution in [0.5, 0.6) is 0 Å². The van der Waals surface area contributed by atoms with Gasteiger partial charge in [0.15, 0.2) is 0 Å². The van der Waals surface area contributed by atoms with Crippen molar-refractivity contribution in [3.63, 3.8) is 0 Å². The van der Waals surface area contributed by atoms with E-state index in [9.17, 15) is 158 Å². The predicted molar refractivity (Wildman–Crippen MR) is 93.7 cm³/mol. The van der Waals surface area contributed by atoms with Crippen LogP contribution in [-0.2, 0) is 17.7 Å². The number of halogens is 36. The van der Waals surface area contributed by atoms with Gasteiger partial charge in [0.25, 0.3) is 0 Å². The summed E-state index contributed by atoms with van der Waals surface area (Å²) in [5.74, 6) is -78.6. The zero-order valence-corrected chi connectivity index (χ0v) is 24.7. The molecule has 0 bridgehead atoms. The maximum Gasteiger partial charge on any atom is 0.698 e. The van der Waals surface area contributed by atoms with Crippen LogP contribution in [0.25, 0.3) is 0 Å². The van der Waals surface area contributed by atoms with Gasteiger partial charge in [0.1, 0.15) is 0 Å². The highest BCUT2D eigenvalue weighted by molar-refractivity contribution is 6.54. The highest BCUT2D eigenvalue weighted by Crippen LogP contribution is 2.66. The molecule has 0 fully saturated rings. The maximum absolute atomic E-state index is 14.2. The second-order valence-corrected chi connectivity index (χ2v) is 11.4. The molecular formula is C16F36O4Si. The Labute approximate surface area is 283 Å². The molecule has 0 aliphatic heterocycles. The van der Waals surface area contributed by atoms with Crippen molar-refractivity contribution in [3.05, 3.63) is 0 Å². The Morgan fingerprint density at radius 1 is 0.175 bits per heavy atom. The fourth-order valence-electron chi connectivity index (χ4n) is 2.53. The molecule has 0 aromatic heterocycles. The van der Waals surface area contributed by atoms with E-state index in [4.69, 9.17) is 0 Å². The van der Waals surface area contributed by atoms with Gasteiger partial charge in [0.2, 0.25) is 0 Å². The van der Waals surface area contributed by atoms with E-state index in [1.54, 1.807) is 0 Å². The average molecular weight is 968 g/mol. The smallest absolute Gasteiger partial charge is 0.285 e. The van der Waals surface area contributed by atoms with E-state index in [0.717, 1.165) is 4.43 Å². The monoisotopic (exact) mass is 968 g/mol. The van der Waals surface area contributed by atoms with Crippen LogP contribution in [0.1, 0.15) is 0 Å². The summed E-state index contributed by atoms with van der Waals surface area (Å²) >= 11 is 0. The Hall–Kier alpha value is -2.46. The molecule has 0 aliphatic rings. The highest BCUT2D eigenvalue weighted by atomic mass is 28.4. The number of rotatable bonds is 16. The number of hydrogen-bond acceptors (Lipinski definition) is 4. The minimum atomic E-state index is -11.1. The van der Waals surface area contributed by atoms with Crippen molar-refractivity contribution in [1.82, 2.24) is 0 Å². The van der Waals surface area contributed by atoms with Crippen molar-refractivity contribution < 1.29 is 176 Å². The third-order valence-corrected chi connectivity index (χ3v) is 7.51. The molecule has 0 saturated carbocycles. The van der Waals surface area contributed by atoms with Gasteiger partial charge in [-0.05, 0) is 0 Å². The van der Waals surface area contributed by atoms with E-state index in [2.05, 4.69) is 0 Å². The summed E-state index contributed by atoms with van der Waals surface area (Å²) in [6.07, 6.45) is -68.3. The minimum absolute atomic E-state index is 1.08. The van der Waals surface area contributed by atoms with Crippen LogP contribution >= 0.6 is 0 Å². The Kier molecular flexibility index (Phi) is 13.2. The molecular weight excluding hydrogens is 968 g/mol. The lowest BCUT2D eigenvalue weighted by Crippen LogP contribution is -2.77. The minimum Gasteiger partial charge on any atom is -0.285 e. The van der Waals surface area contributed by atoms with E-state index < -0.39 is 106 Å². The Balaban J connectivity index is 8.21. The maximum atomic E-state index is 14.2. The molecule has 0 amide bonds. The van der Waals surface area contributed by atoms with Crippen molar-refractivity contribution in [1.29, 1.82) is 0 Å². The first-order valence-electron chi connectivity index (χ1n) is 11.4. The summed E-state index contributed by atoms with van der Waals surface area (Å²) in [4.78, 5) is 0. The van der Waals surface area contributed by atoms with Gasteiger partial charge >= 0.3 is 106 Å². The van der Waals surface area contributed by atoms with Crippen molar-refractivity contribution >= 4 is 9.05 Å². The standard InChI is InChI=1S/C16F36O4Si/c17-1(18,3(21,22)5(25,26)7(29,30)9(33,34)35)2(19,20)4(23,24)6(27,28)8(31,32)13(45,46)53-57(54-14(47,48)10(36,37)38,55-15(49,50)11(39,40)41)56-16(51,52)12(42,43)44. The number of hydrogen-bond donors (Lipinski definition) is 0. The van der Waals surface area contributed by atoms with Gasteiger partial charge in [0.05, 0.1) is 0 Å². The van der Waals surface area contributed by atoms with Crippen LogP contribution in [0.2, 0.25) is 0 Å². The van der Waals surface area contributed by atoms with Crippen molar-refractivity contribution in [2.24, 2.45) is 0 Å². The molecule has 0 spiro atoms. The molecule has 0 unspecified atom stereocenters. The lowest BCUT2D eigenvalue weighted by molar-refractivity contribution is -0.487. The van der Waals surface area contributed by atoms with Crippen LogP contribution in [0.3, 0.4) is 0 Å². The van der Waals surface area contributed by atoms with Gasteiger partial charge in [-0.25, -0.2) is 0 Å². The quantitative estimate of drug-likeness (QED) is 0.114. The molecule has 0 rings (SSSR count). The largest absolute Gasteiger partial charge is 0.698 e. The number of alkyl halides is 36. The summed E-state index contributed by atoms with van der Waals surface area (Å²) in [5.41, 5.74) is 0. The molecule has 0 heterocycles. The summed E-state index contributed by atoms with van der Waals surface area (Å²) in [6.45, 7) is 0. The summed E-state index contributed by atoms with van der Waals surface area (Å²) < 4.78 is 481. The molecule has 0 aromatic rings. The third-order valence-electron chi connectivity index (χ3n) is 5.48. The SMILES string of the molecule is FC(F)(F)C(F)(F)O[Si](OC(F)(F)C(F)(F)F)(OC(F)(F)C(F)(F)F)OC(F)(F)C(F)(F)C(F)(F)C(F)(F)C(F)(F)C(F)(F)C(F)(F)C(F)(F)C(F)(F)C(F)(F)F. The van der Waals surface area contributed by atoms with E-state index >= 15 is 0 Å². The first-order valence-corrected chi connectivity index (χ1v) is 13.1. The van der Waals surface area contributed by atoms with Gasteiger partial charge < -0.3 is 0 Å². The summed E-state index contributed by atoms with van der Waals surface area (Å²) in [5, 5.41) is 0. The second kappa shape index (κ2) is 13.8. The molecule has 0 aromatic carbocycles. The highest BCUT2D eigenvalue weighted by Gasteiger charge is 2.98. The zero-order chi connectivity index (χ0) is 47.3. The van der Waals surface area contributed by atoms with Crippen LogP contribution in [-0.4, -0.2) is 106 Å². The third kappa shape index (κ3) is 8.47. The molecule has 0 saturated heterocycles. The molecule has 4 nitrogen and oxygen atoms in total. The first kappa shape index (κ1) is 54.5. The fraction of sp³-hybridized carbons (Fsp3) is 1.00. The average Bonchev–Trinajstić information content (AvgIpc) is 2.88. The lowest BCUT2D eigenvalue weighted by Gasteiger charge is -2.45. The summed E-state index contributed by atoms with van der Waals surface area (Å²) in [6, 6.07) is 0. The van der Waals surface area contributed by atoms with Gasteiger partial charge in [-0.2, -0.15) is 158 Å². The van der Waals surface area contributed by atoms with E-state index in [1.807, 2.05) is 0 Å². The molecule has 41 heteroatoms. The van der Waals surface area contributed by atoms with Gasteiger partial charge in [-0.1, -0.05) is 0 Å². The Bertz CT molecular complexity index is 1340. The second-order valence-electron chi connectivity index (χ2n) is 9.56. The Morgan fingerprint density at radius 2 is 0.333 bits per heavy atom. The van der Waals surface area contributed by atoms with Gasteiger partial charge in [-0.15, -0.1) is 0 Å². The predicted octanol–water partition coefficient (Wildman–Crippen LogP) is 11.2. The van der Waals surface area contributed by atoms with Crippen molar-refractivity contribution in [2.75, 3.05) is 0 Å². The van der Waals surface area contributed by atoms with Crippen LogP contribution < -0.4 is 0 Å². The van der Waals surface area contributed by atoms with Crippen molar-refractivity contribution in [2.45, 2.75) is 96.5 Å². The fourth-order valence-corrected chi connectivity index (χ4v) is 4.52. The van der Waals surface area contributed by atoms with Crippen molar-refractivity contribution in [3.8, 4) is 0 Å². The van der Waals surface area contributed by atoms with Crippen LogP contribution in [0, 0.1) is 0 Å². The molecule has 0 aliphatic carbocycles. The van der Waals surface area contributed by atoms with Crippen LogP contribution in [0.15, 0.2) is 0 Å². The molecule has 57 heavy (non-hydrogen) atoms. The van der Waals surface area contributed by atoms with E-state index in [-0.39, 0.29) is 0 Å². The van der Waals surface area contributed by atoms with Crippen LogP contribution in [0.4, 0.5) is 158 Å². The lowest BCUT2D eigenvalue weighted by atomic mass is 9.87. The zero-order valence-electron chi connectivity index (χ0n) is 23.7. The normalized spacial score (nSPS) is 17.1. The van der Waals surface area contributed by atoms with E-state index in [1.165, 1.54) is 13.3 Å². The molecule has 0 atom stereocenters.